The third kappa shape index (κ3) is 3.67. The van der Waals surface area contributed by atoms with Crippen molar-refractivity contribution in [3.05, 3.63) is 23.8 Å². The van der Waals surface area contributed by atoms with Crippen molar-refractivity contribution in [2.24, 2.45) is 5.92 Å². The Morgan fingerprint density at radius 3 is 2.95 bits per heavy atom. The Morgan fingerprint density at radius 2 is 2.29 bits per heavy atom. The van der Waals surface area contributed by atoms with Gasteiger partial charge in [0.1, 0.15) is 0 Å². The van der Waals surface area contributed by atoms with Crippen molar-refractivity contribution in [2.45, 2.75) is 38.2 Å². The molecule has 1 aromatic rings. The van der Waals surface area contributed by atoms with Crippen LogP contribution in [0.15, 0.2) is 18.2 Å². The summed E-state index contributed by atoms with van der Waals surface area (Å²) in [7, 11) is 1.43. The van der Waals surface area contributed by atoms with Gasteiger partial charge in [-0.3, -0.25) is 4.79 Å². The van der Waals surface area contributed by atoms with Crippen LogP contribution in [0, 0.1) is 5.92 Å². The second-order valence-electron chi connectivity index (χ2n) is 5.96. The number of rotatable bonds is 4. The quantitative estimate of drug-likeness (QED) is 0.794. The molecule has 1 aliphatic carbocycles. The Morgan fingerprint density at radius 1 is 1.52 bits per heavy atom. The average molecular weight is 293 g/mol. The largest absolute Gasteiger partial charge is 0.504 e. The molecular formula is C16H23NO4. The lowest BCUT2D eigenvalue weighted by atomic mass is 9.79. The third-order valence-corrected chi connectivity index (χ3v) is 4.11. The van der Waals surface area contributed by atoms with E-state index in [9.17, 15) is 15.0 Å². The molecule has 0 saturated heterocycles. The zero-order valence-corrected chi connectivity index (χ0v) is 12.6. The molecule has 2 rings (SSSR count). The summed E-state index contributed by atoms with van der Waals surface area (Å²) in [5.41, 5.74) is -0.691. The highest BCUT2D eigenvalue weighted by molar-refractivity contribution is 5.97. The lowest BCUT2D eigenvalue weighted by Crippen LogP contribution is -2.45. The molecule has 2 unspecified atom stereocenters. The first kappa shape index (κ1) is 15.6. The molecule has 5 nitrogen and oxygen atoms in total. The van der Waals surface area contributed by atoms with Crippen molar-refractivity contribution in [1.29, 1.82) is 0 Å². The van der Waals surface area contributed by atoms with Gasteiger partial charge in [-0.1, -0.05) is 25.8 Å². The van der Waals surface area contributed by atoms with Gasteiger partial charge < -0.3 is 20.3 Å². The highest BCUT2D eigenvalue weighted by atomic mass is 16.5. The number of carbonyl (C=O) groups is 1. The second-order valence-corrected chi connectivity index (χ2v) is 5.96. The van der Waals surface area contributed by atoms with Gasteiger partial charge in [0, 0.05) is 6.54 Å². The number of hydrogen-bond donors (Lipinski definition) is 3. The van der Waals surface area contributed by atoms with Crippen LogP contribution in [0.25, 0.3) is 0 Å². The van der Waals surface area contributed by atoms with Crippen LogP contribution < -0.4 is 10.1 Å². The fourth-order valence-electron chi connectivity index (χ4n) is 3.00. The van der Waals surface area contributed by atoms with Gasteiger partial charge in [0.05, 0.1) is 18.3 Å². The fraction of sp³-hybridized carbons (Fsp3) is 0.562. The molecule has 0 radical (unpaired) electrons. The van der Waals surface area contributed by atoms with E-state index in [2.05, 4.69) is 12.2 Å². The van der Waals surface area contributed by atoms with Crippen molar-refractivity contribution in [1.82, 2.24) is 5.32 Å². The molecule has 1 saturated carbocycles. The molecule has 5 heteroatoms. The number of hydrogen-bond acceptors (Lipinski definition) is 4. The van der Waals surface area contributed by atoms with Gasteiger partial charge in [-0.15, -0.1) is 0 Å². The summed E-state index contributed by atoms with van der Waals surface area (Å²) in [6, 6.07) is 4.76. The summed E-state index contributed by atoms with van der Waals surface area (Å²) >= 11 is 0. The maximum atomic E-state index is 12.2. The number of aliphatic hydroxyl groups is 1. The Bertz CT molecular complexity index is 517. The van der Waals surface area contributed by atoms with Gasteiger partial charge in [-0.2, -0.15) is 0 Å². The van der Waals surface area contributed by atoms with E-state index in [1.54, 1.807) is 12.1 Å². The van der Waals surface area contributed by atoms with E-state index in [-0.39, 0.29) is 23.6 Å². The zero-order valence-electron chi connectivity index (χ0n) is 12.6. The molecular weight excluding hydrogens is 270 g/mol. The first-order valence-corrected chi connectivity index (χ1v) is 7.32. The molecule has 1 amide bonds. The highest BCUT2D eigenvalue weighted by Crippen LogP contribution is 2.32. The van der Waals surface area contributed by atoms with Crippen LogP contribution >= 0.6 is 0 Å². The van der Waals surface area contributed by atoms with Gasteiger partial charge in [-0.05, 0) is 30.9 Å². The van der Waals surface area contributed by atoms with E-state index in [1.165, 1.54) is 13.2 Å². The molecule has 2 atom stereocenters. The summed E-state index contributed by atoms with van der Waals surface area (Å²) in [6.07, 6.45) is 3.48. The van der Waals surface area contributed by atoms with E-state index in [0.717, 1.165) is 12.8 Å². The van der Waals surface area contributed by atoms with Crippen molar-refractivity contribution >= 4 is 5.91 Å². The topological polar surface area (TPSA) is 78.8 Å². The van der Waals surface area contributed by atoms with Crippen LogP contribution in [-0.2, 0) is 0 Å². The lowest BCUT2D eigenvalue weighted by Gasteiger charge is -2.35. The molecule has 0 heterocycles. The first-order chi connectivity index (χ1) is 9.95. The van der Waals surface area contributed by atoms with Crippen LogP contribution in [0.3, 0.4) is 0 Å². The van der Waals surface area contributed by atoms with Crippen LogP contribution in [0.5, 0.6) is 11.5 Å². The van der Waals surface area contributed by atoms with E-state index < -0.39 is 11.5 Å². The molecule has 21 heavy (non-hydrogen) atoms. The molecule has 1 aromatic carbocycles. The fourth-order valence-corrected chi connectivity index (χ4v) is 3.00. The van der Waals surface area contributed by atoms with Crippen molar-refractivity contribution in [2.75, 3.05) is 13.7 Å². The Kier molecular flexibility index (Phi) is 4.73. The van der Waals surface area contributed by atoms with Crippen molar-refractivity contribution < 1.29 is 19.7 Å². The minimum absolute atomic E-state index is 0.154. The predicted molar refractivity (Wildman–Crippen MR) is 79.6 cm³/mol. The standard InChI is InChI=1S/C16H23NO4/c1-11-5-4-8-16(20,9-11)10-17-15(19)12-6-3-7-13(21-2)14(12)18/h3,6-7,11,18,20H,4-5,8-10H2,1-2H3,(H,17,19). The SMILES string of the molecule is COc1cccc(C(=O)NCC2(O)CCCC(C)C2)c1O. The molecule has 116 valence electrons. The van der Waals surface area contributed by atoms with Gasteiger partial charge >= 0.3 is 0 Å². The van der Waals surface area contributed by atoms with Crippen LogP contribution in [0.4, 0.5) is 0 Å². The van der Waals surface area contributed by atoms with Crippen LogP contribution in [0.1, 0.15) is 43.0 Å². The number of aromatic hydroxyl groups is 1. The van der Waals surface area contributed by atoms with E-state index in [0.29, 0.717) is 18.8 Å². The maximum absolute atomic E-state index is 12.2. The van der Waals surface area contributed by atoms with E-state index >= 15 is 0 Å². The van der Waals surface area contributed by atoms with Crippen molar-refractivity contribution in [3.63, 3.8) is 0 Å². The number of ether oxygens (including phenoxy) is 1. The number of para-hydroxylation sites is 1. The number of phenols is 1. The number of amides is 1. The minimum Gasteiger partial charge on any atom is -0.504 e. The van der Waals surface area contributed by atoms with E-state index in [4.69, 9.17) is 4.74 Å². The summed E-state index contributed by atoms with van der Waals surface area (Å²) in [6.45, 7) is 2.31. The zero-order chi connectivity index (χ0) is 15.5. The summed E-state index contributed by atoms with van der Waals surface area (Å²) in [4.78, 5) is 12.2. The van der Waals surface area contributed by atoms with Gasteiger partial charge in [0.2, 0.25) is 0 Å². The number of nitrogens with one attached hydrogen (secondary N) is 1. The second kappa shape index (κ2) is 6.35. The molecule has 0 bridgehead atoms. The Balaban J connectivity index is 2.02. The summed E-state index contributed by atoms with van der Waals surface area (Å²) < 4.78 is 4.98. The Labute approximate surface area is 124 Å². The first-order valence-electron chi connectivity index (χ1n) is 7.32. The smallest absolute Gasteiger partial charge is 0.255 e. The van der Waals surface area contributed by atoms with Crippen LogP contribution in [0.2, 0.25) is 0 Å². The highest BCUT2D eigenvalue weighted by Gasteiger charge is 2.33. The predicted octanol–water partition coefficient (Wildman–Crippen LogP) is 2.07. The average Bonchev–Trinajstić information content (AvgIpc) is 2.45. The minimum atomic E-state index is -0.845. The molecule has 1 fully saturated rings. The number of methoxy groups -OCH3 is 1. The third-order valence-electron chi connectivity index (χ3n) is 4.11. The molecule has 3 N–H and O–H groups in total. The van der Waals surface area contributed by atoms with E-state index in [1.807, 2.05) is 0 Å². The molecule has 0 aliphatic heterocycles. The molecule has 0 aromatic heterocycles. The van der Waals surface area contributed by atoms with Gasteiger partial charge in [-0.25, -0.2) is 0 Å². The van der Waals surface area contributed by atoms with Gasteiger partial charge in [0.15, 0.2) is 11.5 Å². The molecule has 0 spiro atoms. The maximum Gasteiger partial charge on any atom is 0.255 e. The summed E-state index contributed by atoms with van der Waals surface area (Å²) in [5, 5.41) is 23.2. The lowest BCUT2D eigenvalue weighted by molar-refractivity contribution is -0.0109. The Hall–Kier alpha value is -1.75. The normalized spacial score (nSPS) is 25.4. The van der Waals surface area contributed by atoms with Crippen LogP contribution in [-0.4, -0.2) is 35.4 Å². The van der Waals surface area contributed by atoms with Gasteiger partial charge in [0.25, 0.3) is 5.91 Å². The summed E-state index contributed by atoms with van der Waals surface area (Å²) in [5.74, 6) is 0.137. The number of phenolic OH excluding ortho intramolecular Hbond substituents is 1. The molecule has 1 aliphatic rings. The number of benzene rings is 1. The number of carbonyl (C=O) groups excluding carboxylic acids is 1. The van der Waals surface area contributed by atoms with Crippen molar-refractivity contribution in [3.8, 4) is 11.5 Å². The monoisotopic (exact) mass is 293 g/mol.